The van der Waals surface area contributed by atoms with Gasteiger partial charge in [-0.25, -0.2) is 4.98 Å². The van der Waals surface area contributed by atoms with Gasteiger partial charge in [0.05, 0.1) is 35.9 Å². The Balaban J connectivity index is 1.92. The molecule has 39 heavy (non-hydrogen) atoms. The van der Waals surface area contributed by atoms with Crippen LogP contribution in [0.15, 0.2) is 58.4 Å². The Morgan fingerprint density at radius 2 is 1.92 bits per heavy atom. The lowest BCUT2D eigenvalue weighted by atomic mass is 9.96. The average Bonchev–Trinajstić information content (AvgIpc) is 2.91. The number of para-hydroxylation sites is 1. The van der Waals surface area contributed by atoms with Gasteiger partial charge in [-0.05, 0) is 72.9 Å². The van der Waals surface area contributed by atoms with Crippen LogP contribution in [0.1, 0.15) is 43.4 Å². The zero-order chi connectivity index (χ0) is 28.1. The number of ether oxygens (including phenoxy) is 3. The lowest BCUT2D eigenvalue weighted by Crippen LogP contribution is -2.21. The molecule has 7 nitrogen and oxygen atoms in total. The Labute approximate surface area is 233 Å². The van der Waals surface area contributed by atoms with Gasteiger partial charge in [-0.2, -0.15) is 9.78 Å². The van der Waals surface area contributed by atoms with Gasteiger partial charge in [0.2, 0.25) is 0 Å². The number of nitrogens with zero attached hydrogens (tertiary/aromatic N) is 3. The van der Waals surface area contributed by atoms with Crippen molar-refractivity contribution in [2.75, 3.05) is 20.3 Å². The van der Waals surface area contributed by atoms with Crippen LogP contribution in [-0.2, 0) is 0 Å². The smallest absolute Gasteiger partial charge is 0.282 e. The van der Waals surface area contributed by atoms with E-state index in [2.05, 4.69) is 24.9 Å². The summed E-state index contributed by atoms with van der Waals surface area (Å²) in [7, 11) is 1.51. The number of benzene rings is 3. The van der Waals surface area contributed by atoms with Crippen molar-refractivity contribution in [3.05, 3.63) is 80.6 Å². The molecule has 0 N–H and O–H groups in total. The van der Waals surface area contributed by atoms with Crippen molar-refractivity contribution in [2.45, 2.75) is 33.6 Å². The number of halogens is 1. The van der Waals surface area contributed by atoms with Crippen molar-refractivity contribution in [2.24, 2.45) is 5.10 Å². The first kappa shape index (κ1) is 27.7. The van der Waals surface area contributed by atoms with E-state index in [4.69, 9.17) is 37.2 Å². The van der Waals surface area contributed by atoms with Gasteiger partial charge in [0, 0.05) is 5.56 Å². The van der Waals surface area contributed by atoms with Crippen LogP contribution in [0.2, 0.25) is 5.02 Å². The second-order valence-electron chi connectivity index (χ2n) is 9.13. The fourth-order valence-corrected chi connectivity index (χ4v) is 4.54. The summed E-state index contributed by atoms with van der Waals surface area (Å²) in [6.45, 7) is 8.73. The molecule has 8 heteroatoms. The van der Waals surface area contributed by atoms with E-state index in [0.29, 0.717) is 45.4 Å². The molecule has 0 aliphatic rings. The molecule has 0 amide bonds. The molecular weight excluding hydrogens is 514 g/mol. The van der Waals surface area contributed by atoms with E-state index >= 15 is 0 Å². The van der Waals surface area contributed by atoms with Gasteiger partial charge in [0.1, 0.15) is 12.4 Å². The van der Waals surface area contributed by atoms with Gasteiger partial charge in [0.25, 0.3) is 5.56 Å². The molecule has 0 saturated carbocycles. The molecule has 0 bridgehead atoms. The SMILES string of the molecule is C#CCOc1c(Cl)cc(C=Nn2c(-c3cc(C(C)C)c(OCC)cc3C)nc3ccccc3c2=O)cc1OC. The summed E-state index contributed by atoms with van der Waals surface area (Å²) >= 11 is 6.45. The number of fused-ring (bicyclic) bond motifs is 1. The minimum Gasteiger partial charge on any atom is -0.494 e. The number of aromatic nitrogens is 2. The van der Waals surface area contributed by atoms with Crippen molar-refractivity contribution in [1.29, 1.82) is 0 Å². The Morgan fingerprint density at radius 1 is 1.15 bits per heavy atom. The van der Waals surface area contributed by atoms with Crippen LogP contribution < -0.4 is 19.8 Å². The average molecular weight is 544 g/mol. The zero-order valence-electron chi connectivity index (χ0n) is 22.6. The van der Waals surface area contributed by atoms with Crippen LogP contribution in [0.25, 0.3) is 22.3 Å². The fourth-order valence-electron chi connectivity index (χ4n) is 4.27. The highest BCUT2D eigenvalue weighted by Gasteiger charge is 2.19. The number of rotatable bonds is 9. The van der Waals surface area contributed by atoms with E-state index in [0.717, 1.165) is 22.4 Å². The number of terminal acetylenes is 1. The predicted molar refractivity (Wildman–Crippen MR) is 157 cm³/mol. The van der Waals surface area contributed by atoms with E-state index in [1.54, 1.807) is 24.3 Å². The lowest BCUT2D eigenvalue weighted by Gasteiger charge is -2.18. The van der Waals surface area contributed by atoms with Gasteiger partial charge in [-0.3, -0.25) is 4.79 Å². The Morgan fingerprint density at radius 3 is 2.62 bits per heavy atom. The lowest BCUT2D eigenvalue weighted by molar-refractivity contribution is 0.331. The van der Waals surface area contributed by atoms with E-state index in [-0.39, 0.29) is 18.1 Å². The second-order valence-corrected chi connectivity index (χ2v) is 9.54. The molecule has 3 aromatic carbocycles. The van der Waals surface area contributed by atoms with E-state index in [9.17, 15) is 4.79 Å². The molecule has 0 aliphatic heterocycles. The predicted octanol–water partition coefficient (Wildman–Crippen LogP) is 6.45. The number of aryl methyl sites for hydroxylation is 1. The van der Waals surface area contributed by atoms with Gasteiger partial charge in [-0.15, -0.1) is 6.42 Å². The third-order valence-corrected chi connectivity index (χ3v) is 6.43. The van der Waals surface area contributed by atoms with E-state index < -0.39 is 0 Å². The van der Waals surface area contributed by atoms with E-state index in [1.165, 1.54) is 18.0 Å². The number of hydrogen-bond donors (Lipinski definition) is 0. The maximum atomic E-state index is 13.7. The Bertz CT molecular complexity index is 1650. The molecule has 1 aromatic heterocycles. The summed E-state index contributed by atoms with van der Waals surface area (Å²) < 4.78 is 18.2. The highest BCUT2D eigenvalue weighted by atomic mass is 35.5. The summed E-state index contributed by atoms with van der Waals surface area (Å²) in [4.78, 5) is 18.6. The zero-order valence-corrected chi connectivity index (χ0v) is 23.4. The standard InChI is InChI=1S/C31H30ClN3O4/c1-7-13-39-29-25(32)15-21(16-28(29)37-6)18-33-35-30(34-26-12-10-9-11-22(26)31(35)36)24-17-23(19(3)4)27(38-8-2)14-20(24)5/h1,9-12,14-19H,8,13H2,2-6H3. The summed E-state index contributed by atoms with van der Waals surface area (Å²) in [6, 6.07) is 14.6. The van der Waals surface area contributed by atoms with Crippen molar-refractivity contribution in [3.63, 3.8) is 0 Å². The van der Waals surface area contributed by atoms with Crippen LogP contribution in [-0.4, -0.2) is 36.2 Å². The highest BCUT2D eigenvalue weighted by molar-refractivity contribution is 6.32. The Kier molecular flexibility index (Phi) is 8.58. The molecule has 0 aliphatic carbocycles. The molecule has 0 unspecified atom stereocenters. The van der Waals surface area contributed by atoms with Crippen molar-refractivity contribution >= 4 is 28.7 Å². The molecule has 0 saturated heterocycles. The molecular formula is C31H30ClN3O4. The molecule has 4 aromatic rings. The normalized spacial score (nSPS) is 11.2. The quantitative estimate of drug-likeness (QED) is 0.179. The maximum Gasteiger partial charge on any atom is 0.282 e. The van der Waals surface area contributed by atoms with Crippen LogP contribution in [0.4, 0.5) is 0 Å². The minimum absolute atomic E-state index is 0.0465. The highest BCUT2D eigenvalue weighted by Crippen LogP contribution is 2.36. The topological polar surface area (TPSA) is 74.9 Å². The summed E-state index contributed by atoms with van der Waals surface area (Å²) in [5.74, 6) is 4.58. The van der Waals surface area contributed by atoms with Crippen molar-refractivity contribution < 1.29 is 14.2 Å². The minimum atomic E-state index is -0.293. The first-order valence-electron chi connectivity index (χ1n) is 12.6. The summed E-state index contributed by atoms with van der Waals surface area (Å²) in [6.07, 6.45) is 6.85. The number of hydrogen-bond acceptors (Lipinski definition) is 6. The van der Waals surface area contributed by atoms with Gasteiger partial charge >= 0.3 is 0 Å². The first-order valence-corrected chi connectivity index (χ1v) is 12.9. The molecule has 0 radical (unpaired) electrons. The maximum absolute atomic E-state index is 13.7. The largest absolute Gasteiger partial charge is 0.494 e. The summed E-state index contributed by atoms with van der Waals surface area (Å²) in [5.41, 5.74) is 3.61. The first-order chi connectivity index (χ1) is 18.8. The number of methoxy groups -OCH3 is 1. The van der Waals surface area contributed by atoms with E-state index in [1.807, 2.05) is 38.1 Å². The molecule has 0 fully saturated rings. The molecule has 200 valence electrons. The molecule has 4 rings (SSSR count). The fraction of sp³-hybridized carbons (Fsp3) is 0.258. The van der Waals surface area contributed by atoms with Gasteiger partial charge in [-0.1, -0.05) is 43.5 Å². The van der Waals surface area contributed by atoms with Gasteiger partial charge in [0.15, 0.2) is 17.3 Å². The molecule has 0 spiro atoms. The van der Waals surface area contributed by atoms with Crippen LogP contribution >= 0.6 is 11.6 Å². The van der Waals surface area contributed by atoms with Crippen molar-refractivity contribution in [3.8, 4) is 41.0 Å². The molecule has 0 atom stereocenters. The second kappa shape index (κ2) is 12.1. The monoisotopic (exact) mass is 543 g/mol. The Hall–Kier alpha value is -4.28. The third-order valence-electron chi connectivity index (χ3n) is 6.15. The van der Waals surface area contributed by atoms with Crippen molar-refractivity contribution in [1.82, 2.24) is 9.66 Å². The summed E-state index contributed by atoms with van der Waals surface area (Å²) in [5, 5.41) is 5.35. The van der Waals surface area contributed by atoms with Crippen LogP contribution in [0.3, 0.4) is 0 Å². The third kappa shape index (κ3) is 5.76. The van der Waals surface area contributed by atoms with Crippen LogP contribution in [0.5, 0.6) is 17.2 Å². The molecule has 1 heterocycles. The van der Waals surface area contributed by atoms with Crippen LogP contribution in [0, 0.1) is 19.3 Å². The van der Waals surface area contributed by atoms with Gasteiger partial charge < -0.3 is 14.2 Å².